The van der Waals surface area contributed by atoms with E-state index in [-0.39, 0.29) is 0 Å². The first-order chi connectivity index (χ1) is 8.15. The predicted molar refractivity (Wildman–Crippen MR) is 82.9 cm³/mol. The molecule has 0 radical (unpaired) electrons. The van der Waals surface area contributed by atoms with Gasteiger partial charge < -0.3 is 10.6 Å². The summed E-state index contributed by atoms with van der Waals surface area (Å²) in [7, 11) is 0. The molecule has 2 rings (SSSR count). The summed E-state index contributed by atoms with van der Waals surface area (Å²) < 4.78 is 1.18. The maximum atomic E-state index is 5.95. The maximum Gasteiger partial charge on any atom is 0.0478 e. The van der Waals surface area contributed by atoms with Crippen LogP contribution in [0.2, 0.25) is 5.02 Å². The summed E-state index contributed by atoms with van der Waals surface area (Å²) in [4.78, 5) is 0. The summed E-state index contributed by atoms with van der Waals surface area (Å²) in [6.45, 7) is 3.42. The number of halogens is 2. The molecular weight excluding hydrogens is 347 g/mol. The van der Waals surface area contributed by atoms with Crippen molar-refractivity contribution in [1.82, 2.24) is 5.32 Å². The van der Waals surface area contributed by atoms with Crippen molar-refractivity contribution < 1.29 is 0 Å². The zero-order chi connectivity index (χ0) is 12.3. The highest BCUT2D eigenvalue weighted by Crippen LogP contribution is 2.24. The maximum absolute atomic E-state index is 5.95. The molecule has 0 aromatic heterocycles. The highest BCUT2D eigenvalue weighted by molar-refractivity contribution is 14.1. The fourth-order valence-corrected chi connectivity index (χ4v) is 3.34. The molecule has 0 aliphatic carbocycles. The lowest BCUT2D eigenvalue weighted by atomic mass is 10.1. The van der Waals surface area contributed by atoms with Crippen LogP contribution in [0.5, 0.6) is 0 Å². The van der Waals surface area contributed by atoms with Crippen molar-refractivity contribution in [2.45, 2.75) is 38.3 Å². The Morgan fingerprint density at radius 2 is 2.41 bits per heavy atom. The van der Waals surface area contributed by atoms with Crippen LogP contribution in [0, 0.1) is 3.57 Å². The normalized spacial score (nSPS) is 21.5. The van der Waals surface area contributed by atoms with Crippen LogP contribution < -0.4 is 10.6 Å². The highest BCUT2D eigenvalue weighted by atomic mass is 127. The number of benzene rings is 1. The average Bonchev–Trinajstić information content (AvgIpc) is 2.75. The quantitative estimate of drug-likeness (QED) is 0.792. The number of rotatable bonds is 4. The lowest BCUT2D eigenvalue weighted by Crippen LogP contribution is -2.29. The van der Waals surface area contributed by atoms with Gasteiger partial charge in [0.25, 0.3) is 0 Å². The van der Waals surface area contributed by atoms with Gasteiger partial charge in [-0.2, -0.15) is 0 Å². The molecule has 0 amide bonds. The van der Waals surface area contributed by atoms with Gasteiger partial charge in [0.05, 0.1) is 0 Å². The van der Waals surface area contributed by atoms with Crippen LogP contribution >= 0.6 is 34.2 Å². The van der Waals surface area contributed by atoms with E-state index >= 15 is 0 Å². The van der Waals surface area contributed by atoms with E-state index in [1.807, 2.05) is 12.1 Å². The summed E-state index contributed by atoms with van der Waals surface area (Å²) in [5, 5.41) is 7.89. The summed E-state index contributed by atoms with van der Waals surface area (Å²) in [6, 6.07) is 7.16. The number of nitrogens with one attached hydrogen (secondary N) is 2. The van der Waals surface area contributed by atoms with Crippen LogP contribution in [0.15, 0.2) is 18.2 Å². The van der Waals surface area contributed by atoms with E-state index in [1.54, 1.807) is 0 Å². The van der Waals surface area contributed by atoms with Gasteiger partial charge in [0.15, 0.2) is 0 Å². The van der Waals surface area contributed by atoms with Gasteiger partial charge in [-0.1, -0.05) is 11.6 Å². The van der Waals surface area contributed by atoms with Gasteiger partial charge in [0.2, 0.25) is 0 Å². The van der Waals surface area contributed by atoms with E-state index in [2.05, 4.69) is 46.2 Å². The van der Waals surface area contributed by atoms with E-state index in [4.69, 9.17) is 11.6 Å². The van der Waals surface area contributed by atoms with Gasteiger partial charge in [0.1, 0.15) is 0 Å². The molecule has 1 aliphatic rings. The summed E-state index contributed by atoms with van der Waals surface area (Å²) in [5.41, 5.74) is 1.18. The first-order valence-electron chi connectivity index (χ1n) is 6.10. The Morgan fingerprint density at radius 3 is 3.06 bits per heavy atom. The van der Waals surface area contributed by atoms with E-state index in [9.17, 15) is 0 Å². The first-order valence-corrected chi connectivity index (χ1v) is 7.56. The molecule has 2 nitrogen and oxygen atoms in total. The van der Waals surface area contributed by atoms with Gasteiger partial charge in [-0.05, 0) is 73.5 Å². The molecule has 17 heavy (non-hydrogen) atoms. The third-order valence-corrected chi connectivity index (χ3v) is 4.26. The zero-order valence-electron chi connectivity index (χ0n) is 9.97. The molecule has 2 N–H and O–H groups in total. The van der Waals surface area contributed by atoms with Crippen molar-refractivity contribution in [3.05, 3.63) is 26.8 Å². The van der Waals surface area contributed by atoms with Gasteiger partial charge in [0, 0.05) is 26.4 Å². The molecule has 2 atom stereocenters. The van der Waals surface area contributed by atoms with Crippen LogP contribution in [-0.4, -0.2) is 18.6 Å². The van der Waals surface area contributed by atoms with Gasteiger partial charge >= 0.3 is 0 Å². The van der Waals surface area contributed by atoms with E-state index in [0.717, 1.165) is 5.02 Å². The second kappa shape index (κ2) is 6.25. The molecule has 0 saturated carbocycles. The number of anilines is 1. The van der Waals surface area contributed by atoms with Gasteiger partial charge in [-0.15, -0.1) is 0 Å². The van der Waals surface area contributed by atoms with Crippen molar-refractivity contribution in [3.63, 3.8) is 0 Å². The van der Waals surface area contributed by atoms with Crippen LogP contribution in [0.3, 0.4) is 0 Å². The molecule has 0 bridgehead atoms. The van der Waals surface area contributed by atoms with E-state index in [1.165, 1.54) is 35.1 Å². The van der Waals surface area contributed by atoms with Crippen LogP contribution in [0.1, 0.15) is 26.2 Å². The predicted octanol–water partition coefficient (Wildman–Crippen LogP) is 3.89. The van der Waals surface area contributed by atoms with Crippen molar-refractivity contribution in [2.24, 2.45) is 0 Å². The SMILES string of the molecule is CC(CC1CCCN1)Nc1ccc(Cl)cc1I. The van der Waals surface area contributed by atoms with Crippen LogP contribution in [0.25, 0.3) is 0 Å². The van der Waals surface area contributed by atoms with Gasteiger partial charge in [-0.3, -0.25) is 0 Å². The Balaban J connectivity index is 1.90. The molecule has 94 valence electrons. The minimum atomic E-state index is 0.486. The van der Waals surface area contributed by atoms with Crippen molar-refractivity contribution in [3.8, 4) is 0 Å². The molecule has 1 aromatic carbocycles. The summed E-state index contributed by atoms with van der Waals surface area (Å²) in [5.74, 6) is 0. The molecule has 1 aliphatic heterocycles. The smallest absolute Gasteiger partial charge is 0.0478 e. The molecule has 1 fully saturated rings. The first kappa shape index (κ1) is 13.4. The fourth-order valence-electron chi connectivity index (χ4n) is 2.32. The molecule has 1 heterocycles. The highest BCUT2D eigenvalue weighted by Gasteiger charge is 2.17. The molecule has 1 saturated heterocycles. The minimum absolute atomic E-state index is 0.486. The molecule has 4 heteroatoms. The van der Waals surface area contributed by atoms with E-state index < -0.39 is 0 Å². The topological polar surface area (TPSA) is 24.1 Å². The third kappa shape index (κ3) is 4.00. The van der Waals surface area contributed by atoms with Crippen LogP contribution in [-0.2, 0) is 0 Å². The van der Waals surface area contributed by atoms with Gasteiger partial charge in [-0.25, -0.2) is 0 Å². The zero-order valence-corrected chi connectivity index (χ0v) is 12.9. The standard InChI is InChI=1S/C13H18ClIN2/c1-9(7-11-3-2-6-16-11)17-13-5-4-10(14)8-12(13)15/h4-5,8-9,11,16-17H,2-3,6-7H2,1H3. The number of hydrogen-bond donors (Lipinski definition) is 2. The average molecular weight is 365 g/mol. The second-order valence-electron chi connectivity index (χ2n) is 4.70. The van der Waals surface area contributed by atoms with Crippen molar-refractivity contribution in [2.75, 3.05) is 11.9 Å². The van der Waals surface area contributed by atoms with Crippen molar-refractivity contribution >= 4 is 39.9 Å². The molecule has 0 spiro atoms. The molecule has 2 unspecified atom stereocenters. The monoisotopic (exact) mass is 364 g/mol. The Labute approximate surface area is 122 Å². The third-order valence-electron chi connectivity index (χ3n) is 3.13. The lowest BCUT2D eigenvalue weighted by Gasteiger charge is -2.20. The summed E-state index contributed by atoms with van der Waals surface area (Å²) >= 11 is 8.27. The molecule has 1 aromatic rings. The Hall–Kier alpha value is -0.000000000000000111. The number of hydrogen-bond acceptors (Lipinski definition) is 2. The molecular formula is C13H18ClIN2. The van der Waals surface area contributed by atoms with Crippen LogP contribution in [0.4, 0.5) is 5.69 Å². The van der Waals surface area contributed by atoms with Crippen molar-refractivity contribution in [1.29, 1.82) is 0 Å². The largest absolute Gasteiger partial charge is 0.382 e. The Kier molecular flexibility index (Phi) is 4.94. The summed E-state index contributed by atoms with van der Waals surface area (Å²) in [6.07, 6.45) is 3.80. The van der Waals surface area contributed by atoms with E-state index in [0.29, 0.717) is 12.1 Å². The fraction of sp³-hybridized carbons (Fsp3) is 0.538. The Morgan fingerprint density at radius 1 is 1.59 bits per heavy atom. The lowest BCUT2D eigenvalue weighted by molar-refractivity contribution is 0.523. The second-order valence-corrected chi connectivity index (χ2v) is 6.30. The minimum Gasteiger partial charge on any atom is -0.382 e. The Bertz CT molecular complexity index is 378.